The minimum absolute atomic E-state index is 0.0359. The van der Waals surface area contributed by atoms with Gasteiger partial charge in [-0.3, -0.25) is 19.3 Å². The maximum absolute atomic E-state index is 13.4. The zero-order chi connectivity index (χ0) is 23.2. The fraction of sp³-hybridized carbons (Fsp3) is 0.478. The number of thiazole rings is 1. The molecule has 2 amide bonds. The standard InChI is InChI=1S/C23H22N2O6S2/c1-8(22(28)29)25-20(26)15-10-7-11(16(15)21(25)27)17-14(10)13(9-5-3-4-6-12(9)31-2)18-19(32-17)24-23(30)33-18/h3-6,8,10-11,13-17H,7H2,1-2H3,(H,24,30)(H,28,29)/t8?,10?,11?,13-,14?,15?,16?,17?/m1/s1. The van der Waals surface area contributed by atoms with Gasteiger partial charge in [-0.25, -0.2) is 4.79 Å². The zero-order valence-electron chi connectivity index (χ0n) is 17.9. The number of amides is 2. The highest BCUT2D eigenvalue weighted by Crippen LogP contribution is 2.69. The number of benzene rings is 1. The van der Waals surface area contributed by atoms with Crippen molar-refractivity contribution in [1.82, 2.24) is 9.88 Å². The van der Waals surface area contributed by atoms with Crippen molar-refractivity contribution in [1.29, 1.82) is 0 Å². The van der Waals surface area contributed by atoms with Crippen molar-refractivity contribution in [3.8, 4) is 5.75 Å². The Labute approximate surface area is 197 Å². The van der Waals surface area contributed by atoms with E-state index in [4.69, 9.17) is 4.74 Å². The van der Waals surface area contributed by atoms with Gasteiger partial charge in [0.2, 0.25) is 11.8 Å². The lowest BCUT2D eigenvalue weighted by atomic mass is 9.68. The molecule has 1 aromatic heterocycles. The number of methoxy groups -OCH3 is 1. The average molecular weight is 487 g/mol. The van der Waals surface area contributed by atoms with E-state index in [1.54, 1.807) is 18.9 Å². The minimum Gasteiger partial charge on any atom is -0.496 e. The lowest BCUT2D eigenvalue weighted by Crippen LogP contribution is -2.44. The highest BCUT2D eigenvalue weighted by molar-refractivity contribution is 8.00. The number of likely N-dealkylation sites (tertiary alicyclic amines) is 1. The Morgan fingerprint density at radius 3 is 2.58 bits per heavy atom. The van der Waals surface area contributed by atoms with E-state index < -0.39 is 23.8 Å². The number of carbonyl (C=O) groups excluding carboxylic acids is 2. The van der Waals surface area contributed by atoms with Crippen molar-refractivity contribution in [3.05, 3.63) is 44.4 Å². The van der Waals surface area contributed by atoms with E-state index in [-0.39, 0.29) is 45.6 Å². The number of carboxylic acids is 1. The summed E-state index contributed by atoms with van der Waals surface area (Å²) in [7, 11) is 1.62. The SMILES string of the molecule is COc1ccccc1[C@H]1c2sc(=O)[nH]c2SC2C3CC(C4C(=O)N(C(C)C(=O)O)C(=O)C34)C21. The van der Waals surface area contributed by atoms with Crippen LogP contribution in [0, 0.1) is 29.6 Å². The summed E-state index contributed by atoms with van der Waals surface area (Å²) in [4.78, 5) is 55.3. The number of aromatic amines is 1. The third kappa shape index (κ3) is 2.70. The first-order chi connectivity index (χ1) is 15.8. The summed E-state index contributed by atoms with van der Waals surface area (Å²) in [6.45, 7) is 1.39. The van der Waals surface area contributed by atoms with Crippen LogP contribution in [-0.4, -0.2) is 51.2 Å². The summed E-state index contributed by atoms with van der Waals surface area (Å²) >= 11 is 2.80. The molecule has 8 atom stereocenters. The molecular weight excluding hydrogens is 464 g/mol. The molecule has 8 nitrogen and oxygen atoms in total. The Morgan fingerprint density at radius 1 is 1.18 bits per heavy atom. The van der Waals surface area contributed by atoms with Gasteiger partial charge in [0.1, 0.15) is 11.8 Å². The van der Waals surface area contributed by atoms with Crippen LogP contribution in [0.25, 0.3) is 0 Å². The summed E-state index contributed by atoms with van der Waals surface area (Å²) in [6, 6.07) is 6.58. The molecule has 1 aromatic carbocycles. The van der Waals surface area contributed by atoms with Crippen LogP contribution in [0.15, 0.2) is 34.1 Å². The van der Waals surface area contributed by atoms with E-state index in [9.17, 15) is 24.3 Å². The topological polar surface area (TPSA) is 117 Å². The number of hydrogen-bond donors (Lipinski definition) is 2. The van der Waals surface area contributed by atoms with Crippen LogP contribution >= 0.6 is 23.1 Å². The molecule has 2 saturated carbocycles. The molecule has 7 unspecified atom stereocenters. The molecule has 2 bridgehead atoms. The van der Waals surface area contributed by atoms with Crippen LogP contribution in [0.4, 0.5) is 0 Å². The van der Waals surface area contributed by atoms with Crippen molar-refractivity contribution in [2.24, 2.45) is 29.6 Å². The summed E-state index contributed by atoms with van der Waals surface area (Å²) in [5, 5.41) is 10.4. The second kappa shape index (κ2) is 7.20. The largest absolute Gasteiger partial charge is 0.496 e. The van der Waals surface area contributed by atoms with Crippen molar-refractivity contribution in [3.63, 3.8) is 0 Å². The number of rotatable bonds is 4. The lowest BCUT2D eigenvalue weighted by Gasteiger charge is -2.43. The molecule has 10 heteroatoms. The van der Waals surface area contributed by atoms with Gasteiger partial charge in [0, 0.05) is 21.6 Å². The number of carbonyl (C=O) groups is 3. The summed E-state index contributed by atoms with van der Waals surface area (Å²) in [6.07, 6.45) is 0.759. The molecule has 33 heavy (non-hydrogen) atoms. The van der Waals surface area contributed by atoms with Crippen LogP contribution in [0.1, 0.15) is 29.7 Å². The monoisotopic (exact) mass is 486 g/mol. The second-order valence-corrected chi connectivity index (χ2v) is 11.5. The van der Waals surface area contributed by atoms with Gasteiger partial charge in [-0.05, 0) is 37.2 Å². The number of imide groups is 1. The smallest absolute Gasteiger partial charge is 0.326 e. The summed E-state index contributed by atoms with van der Waals surface area (Å²) < 4.78 is 5.66. The highest BCUT2D eigenvalue weighted by atomic mass is 32.2. The van der Waals surface area contributed by atoms with E-state index in [1.165, 1.54) is 18.3 Å². The van der Waals surface area contributed by atoms with Crippen molar-refractivity contribution < 1.29 is 24.2 Å². The highest BCUT2D eigenvalue weighted by Gasteiger charge is 2.70. The molecule has 2 aliphatic carbocycles. The summed E-state index contributed by atoms with van der Waals surface area (Å²) in [5.74, 6) is -2.32. The second-order valence-electron chi connectivity index (χ2n) is 9.26. The number of fused-ring (bicyclic) bond motifs is 9. The molecule has 3 heterocycles. The van der Waals surface area contributed by atoms with Crippen molar-refractivity contribution in [2.45, 2.75) is 35.6 Å². The molecule has 172 valence electrons. The summed E-state index contributed by atoms with van der Waals surface area (Å²) in [5.41, 5.74) is 0.975. The van der Waals surface area contributed by atoms with Gasteiger partial charge >= 0.3 is 10.8 Å². The first-order valence-corrected chi connectivity index (χ1v) is 12.7. The number of thioether (sulfide) groups is 1. The first kappa shape index (κ1) is 21.0. The number of nitrogens with zero attached hydrogens (tertiary/aromatic N) is 1. The molecule has 0 spiro atoms. The molecule has 4 aliphatic rings. The number of ether oxygens (including phenoxy) is 1. The molecule has 2 aliphatic heterocycles. The van der Waals surface area contributed by atoms with E-state index in [2.05, 4.69) is 4.98 Å². The fourth-order valence-electron chi connectivity index (χ4n) is 6.80. The number of para-hydroxylation sites is 1. The van der Waals surface area contributed by atoms with E-state index in [0.29, 0.717) is 0 Å². The van der Waals surface area contributed by atoms with Crippen LogP contribution in [0.2, 0.25) is 0 Å². The third-order valence-electron chi connectivity index (χ3n) is 7.98. The zero-order valence-corrected chi connectivity index (χ0v) is 19.5. The maximum atomic E-state index is 13.4. The quantitative estimate of drug-likeness (QED) is 0.638. The molecule has 3 fully saturated rings. The van der Waals surface area contributed by atoms with Crippen LogP contribution in [0.3, 0.4) is 0 Å². The Kier molecular flexibility index (Phi) is 4.58. The minimum atomic E-state index is -1.18. The predicted octanol–water partition coefficient (Wildman–Crippen LogP) is 2.39. The number of nitrogens with one attached hydrogen (secondary N) is 1. The van der Waals surface area contributed by atoms with Crippen molar-refractivity contribution in [2.75, 3.05) is 7.11 Å². The lowest BCUT2D eigenvalue weighted by molar-refractivity contribution is -0.154. The van der Waals surface area contributed by atoms with Gasteiger partial charge in [0.05, 0.1) is 24.0 Å². The Balaban J connectivity index is 1.47. The van der Waals surface area contributed by atoms with E-state index in [0.717, 1.165) is 32.5 Å². The predicted molar refractivity (Wildman–Crippen MR) is 120 cm³/mol. The molecule has 1 saturated heterocycles. The average Bonchev–Trinajstić information content (AvgIpc) is 3.52. The number of hydrogen-bond acceptors (Lipinski definition) is 7. The number of H-pyrrole nitrogens is 1. The van der Waals surface area contributed by atoms with Crippen molar-refractivity contribution >= 4 is 40.9 Å². The number of aliphatic carboxylic acids is 1. The molecule has 6 rings (SSSR count). The van der Waals surface area contributed by atoms with Gasteiger partial charge in [-0.15, -0.1) is 11.8 Å². The normalized spacial score (nSPS) is 34.7. The van der Waals surface area contributed by atoms with E-state index >= 15 is 0 Å². The van der Waals surface area contributed by atoms with Gasteiger partial charge in [0.25, 0.3) is 0 Å². The Hall–Kier alpha value is -2.59. The van der Waals surface area contributed by atoms with Gasteiger partial charge in [-0.2, -0.15) is 0 Å². The van der Waals surface area contributed by atoms with E-state index in [1.807, 2.05) is 24.3 Å². The van der Waals surface area contributed by atoms with Crippen LogP contribution in [-0.2, 0) is 14.4 Å². The molecule has 2 N–H and O–H groups in total. The number of aromatic nitrogens is 1. The molecular formula is C23H22N2O6S2. The first-order valence-electron chi connectivity index (χ1n) is 11.0. The van der Waals surface area contributed by atoms with Gasteiger partial charge in [0.15, 0.2) is 0 Å². The Morgan fingerprint density at radius 2 is 1.88 bits per heavy atom. The molecule has 2 aromatic rings. The Bertz CT molecular complexity index is 1250. The number of carboxylic acid groups (broad SMARTS) is 1. The van der Waals surface area contributed by atoms with Crippen LogP contribution < -0.4 is 9.61 Å². The van der Waals surface area contributed by atoms with Gasteiger partial charge < -0.3 is 14.8 Å². The fourth-order valence-corrected chi connectivity index (χ4v) is 9.68. The molecule has 0 radical (unpaired) electrons. The van der Waals surface area contributed by atoms with Crippen LogP contribution in [0.5, 0.6) is 5.75 Å². The maximum Gasteiger partial charge on any atom is 0.326 e. The third-order valence-corrected chi connectivity index (χ3v) is 10.6. The van der Waals surface area contributed by atoms with Gasteiger partial charge in [-0.1, -0.05) is 29.5 Å².